The van der Waals surface area contributed by atoms with Gasteiger partial charge in [-0.3, -0.25) is 9.63 Å². The number of anilines is 1. The molecular weight excluding hydrogens is 256 g/mol. The Balaban J connectivity index is 1.98. The SMILES string of the molecule is CON(C)C(=O)c1ccc(NCc2nccn2C)cc1. The van der Waals surface area contributed by atoms with E-state index in [-0.39, 0.29) is 5.91 Å². The molecule has 0 spiro atoms. The molecular formula is C14H18N4O2. The smallest absolute Gasteiger partial charge is 0.277 e. The van der Waals surface area contributed by atoms with Crippen LogP contribution in [-0.2, 0) is 18.4 Å². The van der Waals surface area contributed by atoms with E-state index < -0.39 is 0 Å². The molecule has 6 heteroatoms. The summed E-state index contributed by atoms with van der Waals surface area (Å²) in [6, 6.07) is 7.25. The van der Waals surface area contributed by atoms with Crippen molar-refractivity contribution in [2.45, 2.75) is 6.54 Å². The van der Waals surface area contributed by atoms with Gasteiger partial charge in [-0.15, -0.1) is 0 Å². The highest BCUT2D eigenvalue weighted by atomic mass is 16.7. The number of amides is 1. The number of hydrogen-bond acceptors (Lipinski definition) is 4. The third kappa shape index (κ3) is 3.16. The molecule has 0 aliphatic carbocycles. The van der Waals surface area contributed by atoms with Crippen LogP contribution in [0, 0.1) is 0 Å². The van der Waals surface area contributed by atoms with E-state index in [0.29, 0.717) is 12.1 Å². The third-order valence-electron chi connectivity index (χ3n) is 3.06. The van der Waals surface area contributed by atoms with Gasteiger partial charge >= 0.3 is 0 Å². The number of benzene rings is 1. The van der Waals surface area contributed by atoms with Crippen molar-refractivity contribution < 1.29 is 9.63 Å². The number of hydrogen-bond donors (Lipinski definition) is 1. The molecule has 0 aliphatic heterocycles. The number of hydroxylamine groups is 2. The predicted octanol–water partition coefficient (Wildman–Crippen LogP) is 1.67. The van der Waals surface area contributed by atoms with E-state index in [1.807, 2.05) is 29.9 Å². The fraction of sp³-hybridized carbons (Fsp3) is 0.286. The molecule has 1 amide bonds. The fourth-order valence-electron chi connectivity index (χ4n) is 1.74. The van der Waals surface area contributed by atoms with Gasteiger partial charge in [0.25, 0.3) is 5.91 Å². The molecule has 20 heavy (non-hydrogen) atoms. The Bertz CT molecular complexity index is 577. The van der Waals surface area contributed by atoms with Crippen LogP contribution in [0.5, 0.6) is 0 Å². The molecule has 1 N–H and O–H groups in total. The maximum Gasteiger partial charge on any atom is 0.277 e. The van der Waals surface area contributed by atoms with Gasteiger partial charge in [0.05, 0.1) is 13.7 Å². The molecule has 106 valence electrons. The molecule has 1 aromatic heterocycles. The second-order valence-corrected chi connectivity index (χ2v) is 4.37. The van der Waals surface area contributed by atoms with Crippen molar-refractivity contribution in [3.63, 3.8) is 0 Å². The molecule has 2 aromatic rings. The van der Waals surface area contributed by atoms with Crippen molar-refractivity contribution in [1.29, 1.82) is 0 Å². The van der Waals surface area contributed by atoms with Crippen LogP contribution in [0.25, 0.3) is 0 Å². The monoisotopic (exact) mass is 274 g/mol. The molecule has 6 nitrogen and oxygen atoms in total. The van der Waals surface area contributed by atoms with Crippen LogP contribution in [-0.4, -0.2) is 34.7 Å². The number of nitrogens with zero attached hydrogens (tertiary/aromatic N) is 3. The molecule has 0 saturated carbocycles. The Hall–Kier alpha value is -2.34. The van der Waals surface area contributed by atoms with Gasteiger partial charge in [0.15, 0.2) is 0 Å². The zero-order valence-electron chi connectivity index (χ0n) is 11.8. The molecule has 2 rings (SSSR count). The van der Waals surface area contributed by atoms with E-state index >= 15 is 0 Å². The maximum absolute atomic E-state index is 11.8. The molecule has 0 radical (unpaired) electrons. The summed E-state index contributed by atoms with van der Waals surface area (Å²) in [5.74, 6) is 0.771. The molecule has 0 fully saturated rings. The molecule has 0 unspecified atom stereocenters. The van der Waals surface area contributed by atoms with Gasteiger partial charge < -0.3 is 9.88 Å². The van der Waals surface area contributed by atoms with Crippen LogP contribution in [0.2, 0.25) is 0 Å². The summed E-state index contributed by atoms with van der Waals surface area (Å²) in [6.07, 6.45) is 3.67. The van der Waals surface area contributed by atoms with E-state index in [2.05, 4.69) is 10.3 Å². The highest BCUT2D eigenvalue weighted by Crippen LogP contribution is 2.12. The van der Waals surface area contributed by atoms with Gasteiger partial charge in [-0.25, -0.2) is 10.0 Å². The number of aryl methyl sites for hydroxylation is 1. The molecule has 1 aromatic carbocycles. The van der Waals surface area contributed by atoms with E-state index in [4.69, 9.17) is 4.84 Å². The number of aromatic nitrogens is 2. The summed E-state index contributed by atoms with van der Waals surface area (Å²) < 4.78 is 1.96. The Labute approximate surface area is 117 Å². The number of carbonyl (C=O) groups is 1. The lowest BCUT2D eigenvalue weighted by Crippen LogP contribution is -2.25. The van der Waals surface area contributed by atoms with Crippen LogP contribution < -0.4 is 5.32 Å². The summed E-state index contributed by atoms with van der Waals surface area (Å²) in [4.78, 5) is 20.9. The normalized spacial score (nSPS) is 10.3. The maximum atomic E-state index is 11.8. The van der Waals surface area contributed by atoms with Gasteiger partial charge in [-0.05, 0) is 24.3 Å². The fourth-order valence-corrected chi connectivity index (χ4v) is 1.74. The van der Waals surface area contributed by atoms with Crippen molar-refractivity contribution >= 4 is 11.6 Å². The van der Waals surface area contributed by atoms with E-state index in [1.54, 1.807) is 25.4 Å². The Morgan fingerprint density at radius 1 is 1.40 bits per heavy atom. The first kappa shape index (κ1) is 14.1. The molecule has 0 bridgehead atoms. The first-order valence-electron chi connectivity index (χ1n) is 6.24. The van der Waals surface area contributed by atoms with Crippen LogP contribution in [0.3, 0.4) is 0 Å². The quantitative estimate of drug-likeness (QED) is 0.843. The summed E-state index contributed by atoms with van der Waals surface area (Å²) >= 11 is 0. The van der Waals surface area contributed by atoms with E-state index in [0.717, 1.165) is 11.5 Å². The first-order valence-corrected chi connectivity index (χ1v) is 6.24. The highest BCUT2D eigenvalue weighted by molar-refractivity contribution is 5.93. The average Bonchev–Trinajstić information content (AvgIpc) is 2.89. The van der Waals surface area contributed by atoms with Crippen LogP contribution in [0.4, 0.5) is 5.69 Å². The van der Waals surface area contributed by atoms with Crippen LogP contribution >= 0.6 is 0 Å². The standard InChI is InChI=1S/C14H18N4O2/c1-17-9-8-15-13(17)10-16-12-6-4-11(5-7-12)14(19)18(2)20-3/h4-9,16H,10H2,1-3H3. The summed E-state index contributed by atoms with van der Waals surface area (Å²) in [7, 11) is 4.99. The van der Waals surface area contributed by atoms with Gasteiger partial charge in [-0.1, -0.05) is 0 Å². The van der Waals surface area contributed by atoms with Crippen molar-refractivity contribution in [1.82, 2.24) is 14.6 Å². The molecule has 1 heterocycles. The second kappa shape index (κ2) is 6.21. The first-order chi connectivity index (χ1) is 9.61. The summed E-state index contributed by atoms with van der Waals surface area (Å²) in [5, 5.41) is 4.45. The number of rotatable bonds is 5. The zero-order valence-corrected chi connectivity index (χ0v) is 11.8. The number of imidazole rings is 1. The van der Waals surface area contributed by atoms with Crippen molar-refractivity contribution in [3.8, 4) is 0 Å². The van der Waals surface area contributed by atoms with Crippen molar-refractivity contribution in [2.75, 3.05) is 19.5 Å². The lowest BCUT2D eigenvalue weighted by atomic mass is 10.2. The van der Waals surface area contributed by atoms with Gasteiger partial charge in [-0.2, -0.15) is 0 Å². The molecule has 0 aliphatic rings. The summed E-state index contributed by atoms with van der Waals surface area (Å²) in [5.41, 5.74) is 1.52. The second-order valence-electron chi connectivity index (χ2n) is 4.37. The lowest BCUT2D eigenvalue weighted by Gasteiger charge is -2.14. The molecule has 0 saturated heterocycles. The average molecular weight is 274 g/mol. The Morgan fingerprint density at radius 2 is 2.10 bits per heavy atom. The van der Waals surface area contributed by atoms with E-state index in [9.17, 15) is 4.79 Å². The topological polar surface area (TPSA) is 59.4 Å². The van der Waals surface area contributed by atoms with E-state index in [1.165, 1.54) is 12.2 Å². The largest absolute Gasteiger partial charge is 0.378 e. The van der Waals surface area contributed by atoms with Gasteiger partial charge in [0, 0.05) is 37.7 Å². The van der Waals surface area contributed by atoms with Crippen LogP contribution in [0.15, 0.2) is 36.7 Å². The van der Waals surface area contributed by atoms with Crippen LogP contribution in [0.1, 0.15) is 16.2 Å². The molecule has 0 atom stereocenters. The Morgan fingerprint density at radius 3 is 2.65 bits per heavy atom. The minimum Gasteiger partial charge on any atom is -0.378 e. The Kier molecular flexibility index (Phi) is 4.37. The number of carbonyl (C=O) groups excluding carboxylic acids is 1. The van der Waals surface area contributed by atoms with Crippen molar-refractivity contribution in [3.05, 3.63) is 48.0 Å². The third-order valence-corrected chi connectivity index (χ3v) is 3.06. The van der Waals surface area contributed by atoms with Gasteiger partial charge in [0.1, 0.15) is 5.82 Å². The minimum atomic E-state index is -0.178. The lowest BCUT2D eigenvalue weighted by molar-refractivity contribution is -0.0756. The summed E-state index contributed by atoms with van der Waals surface area (Å²) in [6.45, 7) is 0.634. The predicted molar refractivity (Wildman–Crippen MR) is 76.1 cm³/mol. The zero-order chi connectivity index (χ0) is 14.5. The highest BCUT2D eigenvalue weighted by Gasteiger charge is 2.10. The van der Waals surface area contributed by atoms with Crippen molar-refractivity contribution in [2.24, 2.45) is 7.05 Å². The minimum absolute atomic E-state index is 0.178. The number of nitrogens with one attached hydrogen (secondary N) is 1. The van der Waals surface area contributed by atoms with Gasteiger partial charge in [0.2, 0.25) is 0 Å².